The van der Waals surface area contributed by atoms with Gasteiger partial charge in [0.25, 0.3) is 5.91 Å². The average Bonchev–Trinajstić information content (AvgIpc) is 3.55. The van der Waals surface area contributed by atoms with E-state index in [0.29, 0.717) is 5.69 Å². The first kappa shape index (κ1) is 20.7. The van der Waals surface area contributed by atoms with E-state index in [1.807, 2.05) is 15.6 Å². The molecule has 3 aromatic heterocycles. The van der Waals surface area contributed by atoms with Crippen molar-refractivity contribution in [2.24, 2.45) is 5.73 Å². The molecular formula is C24H32N8O. The predicted octanol–water partition coefficient (Wildman–Crippen LogP) is 2.54. The third-order valence-corrected chi connectivity index (χ3v) is 7.51. The quantitative estimate of drug-likeness (QED) is 0.637. The molecule has 174 valence electrons. The van der Waals surface area contributed by atoms with Crippen LogP contribution in [0.2, 0.25) is 0 Å². The standard InChI is InChI=1S/C24H32N8O/c1-15-13-32-21(26-23(15)30-11-9-16(25)14-30)12-19(29-32)20-8-4-5-10-31(20)24(33)22-17-6-2-3-7-18(17)27-28-22/h12-13,16,20H,2-11,14,25H2,1H3,(H,27,28)/t16-,20-/m0/s1. The van der Waals surface area contributed by atoms with Gasteiger partial charge in [-0.3, -0.25) is 9.89 Å². The highest BCUT2D eigenvalue weighted by Crippen LogP contribution is 2.34. The highest BCUT2D eigenvalue weighted by atomic mass is 16.2. The first-order valence-electron chi connectivity index (χ1n) is 12.3. The lowest BCUT2D eigenvalue weighted by molar-refractivity contribution is 0.0598. The monoisotopic (exact) mass is 448 g/mol. The number of H-pyrrole nitrogens is 1. The Kier molecular flexibility index (Phi) is 5.09. The molecule has 6 rings (SSSR count). The van der Waals surface area contributed by atoms with Gasteiger partial charge in [-0.05, 0) is 58.3 Å². The van der Waals surface area contributed by atoms with Crippen LogP contribution >= 0.6 is 0 Å². The molecule has 0 aromatic carbocycles. The number of aromatic amines is 1. The summed E-state index contributed by atoms with van der Waals surface area (Å²) < 4.78 is 1.86. The number of hydrogen-bond donors (Lipinski definition) is 2. The molecule has 0 bridgehead atoms. The van der Waals surface area contributed by atoms with E-state index in [0.717, 1.165) is 105 Å². The molecule has 9 heteroatoms. The van der Waals surface area contributed by atoms with Crippen LogP contribution in [0.3, 0.4) is 0 Å². The summed E-state index contributed by atoms with van der Waals surface area (Å²) in [5.74, 6) is 1.02. The summed E-state index contributed by atoms with van der Waals surface area (Å²) in [6, 6.07) is 2.21. The molecule has 2 saturated heterocycles. The smallest absolute Gasteiger partial charge is 0.275 e. The van der Waals surface area contributed by atoms with Gasteiger partial charge in [0.1, 0.15) is 5.82 Å². The lowest BCUT2D eigenvalue weighted by Crippen LogP contribution is -2.39. The molecule has 3 aliphatic rings. The number of piperidine rings is 1. The van der Waals surface area contributed by atoms with E-state index < -0.39 is 0 Å². The molecule has 2 fully saturated rings. The summed E-state index contributed by atoms with van der Waals surface area (Å²) >= 11 is 0. The molecular weight excluding hydrogens is 416 g/mol. The van der Waals surface area contributed by atoms with Gasteiger partial charge < -0.3 is 15.5 Å². The number of aryl methyl sites for hydroxylation is 2. The van der Waals surface area contributed by atoms with Gasteiger partial charge in [-0.2, -0.15) is 10.2 Å². The SMILES string of the molecule is Cc1cn2nc([C@@H]3CCCCN3C(=O)c3n[nH]c4c3CCCC4)cc2nc1N1CC[C@H](N)C1. The van der Waals surface area contributed by atoms with Crippen molar-refractivity contribution < 1.29 is 4.79 Å². The number of nitrogens with zero attached hydrogens (tertiary/aromatic N) is 6. The number of aromatic nitrogens is 5. The largest absolute Gasteiger partial charge is 0.355 e. The fourth-order valence-electron chi connectivity index (χ4n) is 5.76. The summed E-state index contributed by atoms with van der Waals surface area (Å²) in [5, 5.41) is 12.4. The Morgan fingerprint density at radius 1 is 1.15 bits per heavy atom. The van der Waals surface area contributed by atoms with E-state index in [-0.39, 0.29) is 18.0 Å². The predicted molar refractivity (Wildman–Crippen MR) is 125 cm³/mol. The summed E-state index contributed by atoms with van der Waals surface area (Å²) in [4.78, 5) is 22.8. The zero-order chi connectivity index (χ0) is 22.5. The molecule has 3 aromatic rings. The van der Waals surface area contributed by atoms with Gasteiger partial charge in [-0.15, -0.1) is 0 Å². The number of nitrogens with one attached hydrogen (secondary N) is 1. The second kappa shape index (κ2) is 8.13. The third-order valence-electron chi connectivity index (χ3n) is 7.51. The number of likely N-dealkylation sites (tertiary alicyclic amines) is 1. The maximum absolute atomic E-state index is 13.6. The van der Waals surface area contributed by atoms with Crippen molar-refractivity contribution in [2.45, 2.75) is 70.4 Å². The maximum Gasteiger partial charge on any atom is 0.275 e. The van der Waals surface area contributed by atoms with Crippen LogP contribution in [0.4, 0.5) is 5.82 Å². The Bertz CT molecular complexity index is 1200. The van der Waals surface area contributed by atoms with E-state index in [4.69, 9.17) is 15.8 Å². The van der Waals surface area contributed by atoms with Gasteiger partial charge in [-0.25, -0.2) is 9.50 Å². The van der Waals surface area contributed by atoms with E-state index in [9.17, 15) is 4.79 Å². The Morgan fingerprint density at radius 2 is 2.03 bits per heavy atom. The third kappa shape index (κ3) is 3.58. The van der Waals surface area contributed by atoms with Gasteiger partial charge in [0.2, 0.25) is 0 Å². The van der Waals surface area contributed by atoms with Crippen LogP contribution in [0.15, 0.2) is 12.3 Å². The van der Waals surface area contributed by atoms with Crippen LogP contribution in [0.1, 0.15) is 77.6 Å². The molecule has 2 aliphatic heterocycles. The van der Waals surface area contributed by atoms with E-state index >= 15 is 0 Å². The first-order chi connectivity index (χ1) is 16.1. The van der Waals surface area contributed by atoms with Crippen LogP contribution in [-0.2, 0) is 12.8 Å². The van der Waals surface area contributed by atoms with Crippen molar-refractivity contribution in [3.8, 4) is 0 Å². The second-order valence-electron chi connectivity index (χ2n) is 9.86. The van der Waals surface area contributed by atoms with Gasteiger partial charge >= 0.3 is 0 Å². The Hall–Kier alpha value is -2.94. The molecule has 0 spiro atoms. The summed E-state index contributed by atoms with van der Waals surface area (Å²) in [7, 11) is 0. The van der Waals surface area contributed by atoms with Crippen molar-refractivity contribution >= 4 is 17.4 Å². The normalized spacial score (nSPS) is 23.3. The van der Waals surface area contributed by atoms with Crippen molar-refractivity contribution in [2.75, 3.05) is 24.5 Å². The summed E-state index contributed by atoms with van der Waals surface area (Å²) in [5.41, 5.74) is 11.8. The van der Waals surface area contributed by atoms with E-state index in [1.54, 1.807) is 0 Å². The minimum absolute atomic E-state index is 0.0343. The van der Waals surface area contributed by atoms with Gasteiger partial charge in [0, 0.05) is 54.8 Å². The Labute approximate surface area is 193 Å². The van der Waals surface area contributed by atoms with Gasteiger partial charge in [0.05, 0.1) is 11.7 Å². The zero-order valence-corrected chi connectivity index (χ0v) is 19.3. The molecule has 3 N–H and O–H groups in total. The average molecular weight is 449 g/mol. The highest BCUT2D eigenvalue weighted by molar-refractivity contribution is 5.94. The maximum atomic E-state index is 13.6. The number of carbonyl (C=O) groups is 1. The molecule has 0 radical (unpaired) electrons. The molecule has 0 unspecified atom stereocenters. The molecule has 1 amide bonds. The Balaban J connectivity index is 1.32. The minimum Gasteiger partial charge on any atom is -0.355 e. The van der Waals surface area contributed by atoms with Crippen molar-refractivity contribution in [3.63, 3.8) is 0 Å². The number of hydrogen-bond acceptors (Lipinski definition) is 6. The van der Waals surface area contributed by atoms with Crippen LogP contribution < -0.4 is 10.6 Å². The van der Waals surface area contributed by atoms with Crippen LogP contribution in [0.5, 0.6) is 0 Å². The van der Waals surface area contributed by atoms with Crippen LogP contribution in [0, 0.1) is 6.92 Å². The molecule has 2 atom stereocenters. The lowest BCUT2D eigenvalue weighted by Gasteiger charge is -2.34. The van der Waals surface area contributed by atoms with Crippen LogP contribution in [0.25, 0.3) is 5.65 Å². The van der Waals surface area contributed by atoms with Crippen molar-refractivity contribution in [1.29, 1.82) is 0 Å². The summed E-state index contributed by atoms with van der Waals surface area (Å²) in [6.07, 6.45) is 10.3. The zero-order valence-electron chi connectivity index (χ0n) is 19.3. The van der Waals surface area contributed by atoms with Crippen molar-refractivity contribution in [3.05, 3.63) is 40.5 Å². The first-order valence-corrected chi connectivity index (χ1v) is 12.3. The second-order valence-corrected chi connectivity index (χ2v) is 9.86. The fraction of sp³-hybridized carbons (Fsp3) is 0.583. The Morgan fingerprint density at radius 3 is 2.88 bits per heavy atom. The number of nitrogens with two attached hydrogens (primary N) is 1. The highest BCUT2D eigenvalue weighted by Gasteiger charge is 2.34. The minimum atomic E-state index is -0.0483. The molecule has 0 saturated carbocycles. The fourth-order valence-corrected chi connectivity index (χ4v) is 5.76. The van der Waals surface area contributed by atoms with E-state index in [1.165, 1.54) is 0 Å². The molecule has 33 heavy (non-hydrogen) atoms. The topological polar surface area (TPSA) is 108 Å². The number of amides is 1. The van der Waals surface area contributed by atoms with E-state index in [2.05, 4.69) is 28.1 Å². The van der Waals surface area contributed by atoms with Gasteiger partial charge in [0.15, 0.2) is 11.3 Å². The van der Waals surface area contributed by atoms with Crippen LogP contribution in [-0.4, -0.2) is 61.3 Å². The number of carbonyl (C=O) groups excluding carboxylic acids is 1. The molecule has 1 aliphatic carbocycles. The lowest BCUT2D eigenvalue weighted by atomic mass is 9.94. The summed E-state index contributed by atoms with van der Waals surface area (Å²) in [6.45, 7) is 4.58. The molecule has 5 heterocycles. The van der Waals surface area contributed by atoms with Crippen molar-refractivity contribution in [1.82, 2.24) is 29.7 Å². The molecule has 9 nitrogen and oxygen atoms in total. The van der Waals surface area contributed by atoms with Gasteiger partial charge in [-0.1, -0.05) is 0 Å². The number of anilines is 1. The number of fused-ring (bicyclic) bond motifs is 2. The number of rotatable bonds is 3.